The minimum Gasteiger partial charge on any atom is -0.459 e. The normalized spacial score (nSPS) is 12.0. The second-order valence-electron chi connectivity index (χ2n) is 6.69. The lowest BCUT2D eigenvalue weighted by Crippen LogP contribution is -2.19. The fraction of sp³-hybridized carbons (Fsp3) is 0.556. The smallest absolute Gasteiger partial charge is 0.139 e. The Bertz CT molecular complexity index is 613. The molecule has 0 atom stereocenters. The number of fused-ring (bicyclic) bond motifs is 1. The summed E-state index contributed by atoms with van der Waals surface area (Å²) in [5.74, 6) is 2.25. The summed E-state index contributed by atoms with van der Waals surface area (Å²) in [7, 11) is 0. The Morgan fingerprint density at radius 1 is 1.14 bits per heavy atom. The van der Waals surface area contributed by atoms with Crippen molar-refractivity contribution in [3.63, 3.8) is 0 Å². The van der Waals surface area contributed by atoms with Crippen molar-refractivity contribution >= 4 is 22.6 Å². The second-order valence-corrected chi connectivity index (χ2v) is 7.10. The summed E-state index contributed by atoms with van der Waals surface area (Å²) in [6.45, 7) is 12.7. The second kappa shape index (κ2) is 6.85. The molecular weight excluding hydrogens is 282 g/mol. The fourth-order valence-corrected chi connectivity index (χ4v) is 2.90. The Hall–Kier alpha value is -0.990. The SMILES string of the molecule is Cc1ccc(Cl)c2c(CC(C)C)c(CNCC(C)C)oc12. The lowest BCUT2D eigenvalue weighted by Gasteiger charge is -2.09. The standard InChI is InChI=1S/C18H26ClNO/c1-11(2)8-14-16(10-20-9-12(3)4)21-18-13(5)6-7-15(19)17(14)18/h6-7,11-12,20H,8-10H2,1-5H3. The minimum atomic E-state index is 0.575. The minimum absolute atomic E-state index is 0.575. The number of furan rings is 1. The number of hydrogen-bond donors (Lipinski definition) is 1. The molecule has 0 aliphatic rings. The summed E-state index contributed by atoms with van der Waals surface area (Å²) in [5, 5.41) is 5.38. The van der Waals surface area contributed by atoms with Crippen LogP contribution in [-0.2, 0) is 13.0 Å². The van der Waals surface area contributed by atoms with E-state index in [9.17, 15) is 0 Å². The zero-order valence-electron chi connectivity index (χ0n) is 13.7. The predicted octanol–water partition coefficient (Wildman–Crippen LogP) is 5.34. The van der Waals surface area contributed by atoms with Gasteiger partial charge in [0.1, 0.15) is 11.3 Å². The Labute approximate surface area is 132 Å². The highest BCUT2D eigenvalue weighted by molar-refractivity contribution is 6.35. The van der Waals surface area contributed by atoms with Crippen LogP contribution in [0.3, 0.4) is 0 Å². The molecule has 0 aliphatic heterocycles. The molecule has 2 aromatic rings. The number of aryl methyl sites for hydroxylation is 1. The van der Waals surface area contributed by atoms with Crippen LogP contribution in [0.25, 0.3) is 11.0 Å². The third-order valence-electron chi connectivity index (χ3n) is 3.62. The third-order valence-corrected chi connectivity index (χ3v) is 3.93. The van der Waals surface area contributed by atoms with E-state index in [-0.39, 0.29) is 0 Å². The van der Waals surface area contributed by atoms with Gasteiger partial charge in [-0.3, -0.25) is 0 Å². The molecule has 0 saturated heterocycles. The van der Waals surface area contributed by atoms with Crippen LogP contribution in [0, 0.1) is 18.8 Å². The quantitative estimate of drug-likeness (QED) is 0.779. The summed E-state index contributed by atoms with van der Waals surface area (Å²) < 4.78 is 6.15. The van der Waals surface area contributed by atoms with Crippen LogP contribution < -0.4 is 5.32 Å². The average molecular weight is 308 g/mol. The molecule has 0 saturated carbocycles. The first-order valence-corrected chi connectivity index (χ1v) is 8.18. The molecule has 0 aliphatic carbocycles. The monoisotopic (exact) mass is 307 g/mol. The van der Waals surface area contributed by atoms with E-state index in [0.29, 0.717) is 11.8 Å². The first kappa shape index (κ1) is 16.4. The molecule has 1 N–H and O–H groups in total. The molecular formula is C18H26ClNO. The molecule has 21 heavy (non-hydrogen) atoms. The lowest BCUT2D eigenvalue weighted by molar-refractivity contribution is 0.476. The predicted molar refractivity (Wildman–Crippen MR) is 91.0 cm³/mol. The molecule has 0 amide bonds. The molecule has 3 heteroatoms. The fourth-order valence-electron chi connectivity index (χ4n) is 2.64. The lowest BCUT2D eigenvalue weighted by atomic mass is 9.99. The summed E-state index contributed by atoms with van der Waals surface area (Å²) in [5.41, 5.74) is 3.36. The van der Waals surface area contributed by atoms with Crippen molar-refractivity contribution in [1.29, 1.82) is 0 Å². The van der Waals surface area contributed by atoms with Gasteiger partial charge in [0.25, 0.3) is 0 Å². The van der Waals surface area contributed by atoms with E-state index in [1.54, 1.807) is 0 Å². The van der Waals surface area contributed by atoms with Gasteiger partial charge in [0, 0.05) is 10.9 Å². The topological polar surface area (TPSA) is 25.2 Å². The molecule has 1 aromatic heterocycles. The van der Waals surface area contributed by atoms with Gasteiger partial charge < -0.3 is 9.73 Å². The van der Waals surface area contributed by atoms with Crippen LogP contribution in [0.1, 0.15) is 44.6 Å². The van der Waals surface area contributed by atoms with Crippen LogP contribution in [0.2, 0.25) is 5.02 Å². The van der Waals surface area contributed by atoms with Gasteiger partial charge in [-0.15, -0.1) is 0 Å². The maximum atomic E-state index is 6.44. The van der Waals surface area contributed by atoms with E-state index in [2.05, 4.69) is 39.9 Å². The van der Waals surface area contributed by atoms with Crippen LogP contribution in [0.5, 0.6) is 0 Å². The highest BCUT2D eigenvalue weighted by Crippen LogP contribution is 2.35. The van der Waals surface area contributed by atoms with Crippen molar-refractivity contribution in [2.75, 3.05) is 6.54 Å². The van der Waals surface area contributed by atoms with Gasteiger partial charge in [0.2, 0.25) is 0 Å². The highest BCUT2D eigenvalue weighted by Gasteiger charge is 2.18. The number of hydrogen-bond acceptors (Lipinski definition) is 2. The van der Waals surface area contributed by atoms with Crippen molar-refractivity contribution in [1.82, 2.24) is 5.32 Å². The van der Waals surface area contributed by atoms with Gasteiger partial charge in [-0.1, -0.05) is 45.4 Å². The van der Waals surface area contributed by atoms with E-state index in [4.69, 9.17) is 16.0 Å². The molecule has 116 valence electrons. The van der Waals surface area contributed by atoms with Gasteiger partial charge >= 0.3 is 0 Å². The summed E-state index contributed by atoms with van der Waals surface area (Å²) in [4.78, 5) is 0. The van der Waals surface area contributed by atoms with E-state index in [0.717, 1.165) is 46.8 Å². The van der Waals surface area contributed by atoms with E-state index in [1.165, 1.54) is 5.56 Å². The van der Waals surface area contributed by atoms with E-state index < -0.39 is 0 Å². The van der Waals surface area contributed by atoms with Crippen LogP contribution in [-0.4, -0.2) is 6.54 Å². The van der Waals surface area contributed by atoms with Gasteiger partial charge in [0.05, 0.1) is 11.6 Å². The van der Waals surface area contributed by atoms with E-state index >= 15 is 0 Å². The molecule has 1 aromatic carbocycles. The molecule has 2 rings (SSSR count). The zero-order valence-corrected chi connectivity index (χ0v) is 14.5. The maximum Gasteiger partial charge on any atom is 0.139 e. The molecule has 1 heterocycles. The van der Waals surface area contributed by atoms with Crippen molar-refractivity contribution < 1.29 is 4.42 Å². The molecule has 0 fully saturated rings. The van der Waals surface area contributed by atoms with Crippen LogP contribution in [0.15, 0.2) is 16.5 Å². The van der Waals surface area contributed by atoms with Crippen molar-refractivity contribution in [2.45, 2.75) is 47.6 Å². The zero-order chi connectivity index (χ0) is 15.6. The maximum absolute atomic E-state index is 6.44. The first-order chi connectivity index (χ1) is 9.90. The molecule has 0 radical (unpaired) electrons. The van der Waals surface area contributed by atoms with Crippen molar-refractivity contribution in [3.8, 4) is 0 Å². The number of rotatable bonds is 6. The Morgan fingerprint density at radius 3 is 2.48 bits per heavy atom. The van der Waals surface area contributed by atoms with Gasteiger partial charge in [-0.2, -0.15) is 0 Å². The van der Waals surface area contributed by atoms with Gasteiger partial charge in [-0.25, -0.2) is 0 Å². The summed E-state index contributed by atoms with van der Waals surface area (Å²) in [6, 6.07) is 4.00. The number of nitrogens with one attached hydrogen (secondary N) is 1. The Morgan fingerprint density at radius 2 is 1.86 bits per heavy atom. The number of benzene rings is 1. The summed E-state index contributed by atoms with van der Waals surface area (Å²) in [6.07, 6.45) is 0.995. The molecule has 0 bridgehead atoms. The highest BCUT2D eigenvalue weighted by atomic mass is 35.5. The van der Waals surface area contributed by atoms with Crippen LogP contribution >= 0.6 is 11.6 Å². The Kier molecular flexibility index (Phi) is 5.34. The van der Waals surface area contributed by atoms with Crippen molar-refractivity contribution in [3.05, 3.63) is 34.0 Å². The van der Waals surface area contributed by atoms with Gasteiger partial charge in [-0.05, 0) is 43.4 Å². The largest absolute Gasteiger partial charge is 0.459 e. The van der Waals surface area contributed by atoms with Crippen LogP contribution in [0.4, 0.5) is 0 Å². The van der Waals surface area contributed by atoms with Gasteiger partial charge in [0.15, 0.2) is 0 Å². The number of halogens is 1. The van der Waals surface area contributed by atoms with E-state index in [1.807, 2.05) is 12.1 Å². The van der Waals surface area contributed by atoms with Crippen molar-refractivity contribution in [2.24, 2.45) is 11.8 Å². The third kappa shape index (κ3) is 3.81. The molecule has 0 unspecified atom stereocenters. The molecule has 2 nitrogen and oxygen atoms in total. The summed E-state index contributed by atoms with van der Waals surface area (Å²) >= 11 is 6.44. The first-order valence-electron chi connectivity index (χ1n) is 7.80. The Balaban J connectivity index is 2.42. The molecule has 0 spiro atoms. The average Bonchev–Trinajstić information content (AvgIpc) is 2.73.